The van der Waals surface area contributed by atoms with Crippen molar-refractivity contribution in [2.24, 2.45) is 0 Å². The topological polar surface area (TPSA) is 95.3 Å². The molecule has 1 aliphatic heterocycles. The van der Waals surface area contributed by atoms with Gasteiger partial charge in [-0.15, -0.1) is 0 Å². The van der Waals surface area contributed by atoms with Crippen LogP contribution in [0.2, 0.25) is 0 Å². The molecule has 0 bridgehead atoms. The van der Waals surface area contributed by atoms with Crippen LogP contribution in [0.25, 0.3) is 22.6 Å². The number of benzene rings is 1. The van der Waals surface area contributed by atoms with Gasteiger partial charge in [-0.05, 0) is 22.4 Å². The van der Waals surface area contributed by atoms with E-state index in [0.717, 1.165) is 24.2 Å². The maximum absolute atomic E-state index is 5.76. The average Bonchev–Trinajstić information content (AvgIpc) is 3.03. The molecule has 1 unspecified atom stereocenters. The highest BCUT2D eigenvalue weighted by Gasteiger charge is 2.27. The summed E-state index contributed by atoms with van der Waals surface area (Å²) < 4.78 is 12.0. The Morgan fingerprint density at radius 1 is 1.32 bits per heavy atom. The predicted octanol–water partition coefficient (Wildman–Crippen LogP) is 1.07. The van der Waals surface area contributed by atoms with Crippen LogP contribution in [0.15, 0.2) is 28.9 Å². The van der Waals surface area contributed by atoms with E-state index in [9.17, 15) is 0 Å². The number of hydrogen-bond donors (Lipinski definition) is 1. The Bertz CT molecular complexity index is 744. The summed E-state index contributed by atoms with van der Waals surface area (Å²) in [6.45, 7) is 1.50. The smallest absolute Gasteiger partial charge is 0.199 e. The van der Waals surface area contributed by atoms with Gasteiger partial charge in [0.1, 0.15) is 0 Å². The summed E-state index contributed by atoms with van der Waals surface area (Å²) in [5.41, 5.74) is 8.14. The Balaban J connectivity index is 1.95. The van der Waals surface area contributed by atoms with E-state index in [1.54, 1.807) is 0 Å². The highest BCUT2D eigenvalue weighted by atomic mass is 16.6. The molecule has 3 aromatic rings. The molecule has 1 aliphatic rings. The Hall–Kier alpha value is -2.41. The zero-order valence-electron chi connectivity index (χ0n) is 9.98. The molecular weight excluding hydrogens is 246 g/mol. The quantitative estimate of drug-likeness (QED) is 0.705. The van der Waals surface area contributed by atoms with E-state index >= 15 is 0 Å². The zero-order chi connectivity index (χ0) is 12.8. The normalized spacial score (nSPS) is 18.0. The number of fused-ring (bicyclic) bond motifs is 1. The second-order valence-electron chi connectivity index (χ2n) is 4.49. The lowest BCUT2D eigenvalue weighted by atomic mass is 10.3. The van der Waals surface area contributed by atoms with Gasteiger partial charge in [-0.2, -0.15) is 0 Å². The van der Waals surface area contributed by atoms with Crippen molar-refractivity contribution in [1.82, 2.24) is 19.9 Å². The molecule has 1 saturated heterocycles. The number of ether oxygens (including phenoxy) is 1. The van der Waals surface area contributed by atoms with Gasteiger partial charge in [0.05, 0.1) is 30.3 Å². The molecule has 0 spiro atoms. The van der Waals surface area contributed by atoms with Gasteiger partial charge >= 0.3 is 0 Å². The van der Waals surface area contributed by atoms with Crippen LogP contribution in [0, 0.1) is 0 Å². The SMILES string of the molecule is Nc1nonc1-c1nc2ccccc2n1CC1CO1. The summed E-state index contributed by atoms with van der Waals surface area (Å²) in [7, 11) is 0. The van der Waals surface area contributed by atoms with E-state index < -0.39 is 0 Å². The number of hydrogen-bond acceptors (Lipinski definition) is 6. The largest absolute Gasteiger partial charge is 0.379 e. The third-order valence-corrected chi connectivity index (χ3v) is 3.17. The molecule has 1 atom stereocenters. The number of para-hydroxylation sites is 2. The highest BCUT2D eigenvalue weighted by molar-refractivity contribution is 5.81. The fourth-order valence-electron chi connectivity index (χ4n) is 2.17. The van der Waals surface area contributed by atoms with Crippen LogP contribution in [-0.2, 0) is 11.3 Å². The molecule has 19 heavy (non-hydrogen) atoms. The van der Waals surface area contributed by atoms with Gasteiger partial charge in [0, 0.05) is 0 Å². The van der Waals surface area contributed by atoms with E-state index in [4.69, 9.17) is 10.5 Å². The van der Waals surface area contributed by atoms with Crippen LogP contribution in [0.4, 0.5) is 5.82 Å². The zero-order valence-corrected chi connectivity index (χ0v) is 9.98. The van der Waals surface area contributed by atoms with Crippen molar-refractivity contribution in [2.45, 2.75) is 12.6 Å². The maximum atomic E-state index is 5.76. The summed E-state index contributed by atoms with van der Waals surface area (Å²) in [5.74, 6) is 0.906. The number of nitrogen functional groups attached to an aromatic ring is 1. The number of epoxide rings is 1. The number of rotatable bonds is 3. The summed E-state index contributed by atoms with van der Waals surface area (Å²) in [4.78, 5) is 4.56. The van der Waals surface area contributed by atoms with Gasteiger partial charge in [0.2, 0.25) is 0 Å². The molecule has 0 radical (unpaired) electrons. The van der Waals surface area contributed by atoms with E-state index in [1.807, 2.05) is 28.8 Å². The first-order valence-corrected chi connectivity index (χ1v) is 5.98. The summed E-state index contributed by atoms with van der Waals surface area (Å²) in [5, 5.41) is 7.44. The first kappa shape index (κ1) is 10.5. The maximum Gasteiger partial charge on any atom is 0.199 e. The molecule has 0 amide bonds. The van der Waals surface area contributed by atoms with Crippen molar-refractivity contribution in [1.29, 1.82) is 0 Å². The molecule has 2 N–H and O–H groups in total. The summed E-state index contributed by atoms with van der Waals surface area (Å²) >= 11 is 0. The molecule has 0 saturated carbocycles. The number of nitrogens with two attached hydrogens (primary N) is 1. The molecule has 2 aromatic heterocycles. The highest BCUT2D eigenvalue weighted by Crippen LogP contribution is 2.28. The van der Waals surface area contributed by atoms with Crippen LogP contribution in [0.1, 0.15) is 0 Å². The second-order valence-corrected chi connectivity index (χ2v) is 4.49. The molecule has 3 heterocycles. The van der Waals surface area contributed by atoms with Gasteiger partial charge in [0.15, 0.2) is 17.3 Å². The second kappa shape index (κ2) is 3.79. The van der Waals surface area contributed by atoms with E-state index in [2.05, 4.69) is 19.9 Å². The fraction of sp³-hybridized carbons (Fsp3) is 0.250. The molecule has 7 heteroatoms. The van der Waals surface area contributed by atoms with Crippen LogP contribution in [0.3, 0.4) is 0 Å². The fourth-order valence-corrected chi connectivity index (χ4v) is 2.17. The minimum Gasteiger partial charge on any atom is -0.379 e. The predicted molar refractivity (Wildman–Crippen MR) is 67.2 cm³/mol. The van der Waals surface area contributed by atoms with Crippen LogP contribution in [0.5, 0.6) is 0 Å². The molecule has 4 rings (SSSR count). The van der Waals surface area contributed by atoms with Crippen molar-refractivity contribution in [3.63, 3.8) is 0 Å². The van der Waals surface area contributed by atoms with Gasteiger partial charge in [0.25, 0.3) is 0 Å². The van der Waals surface area contributed by atoms with Crippen LogP contribution in [-0.4, -0.2) is 32.6 Å². The summed E-state index contributed by atoms with van der Waals surface area (Å²) in [6.07, 6.45) is 0.234. The summed E-state index contributed by atoms with van der Waals surface area (Å²) in [6, 6.07) is 7.88. The van der Waals surface area contributed by atoms with Gasteiger partial charge in [-0.25, -0.2) is 9.61 Å². The lowest BCUT2D eigenvalue weighted by Crippen LogP contribution is -2.06. The lowest BCUT2D eigenvalue weighted by molar-refractivity contribution is 0.310. The van der Waals surface area contributed by atoms with Crippen molar-refractivity contribution >= 4 is 16.9 Å². The third kappa shape index (κ3) is 1.66. The number of aromatic nitrogens is 4. The molecule has 1 fully saturated rings. The van der Waals surface area contributed by atoms with E-state index in [-0.39, 0.29) is 11.9 Å². The Kier molecular flexibility index (Phi) is 2.10. The molecule has 0 aliphatic carbocycles. The standard InChI is InChI=1S/C12H11N5O2/c13-11-10(15-19-16-11)12-14-8-3-1-2-4-9(8)17(12)5-7-6-18-7/h1-4,7H,5-6H2,(H2,13,16). The Morgan fingerprint density at radius 2 is 2.16 bits per heavy atom. The van der Waals surface area contributed by atoms with Crippen LogP contribution < -0.4 is 5.73 Å². The van der Waals surface area contributed by atoms with Gasteiger partial charge in [-0.1, -0.05) is 12.1 Å². The van der Waals surface area contributed by atoms with Crippen molar-refractivity contribution < 1.29 is 9.37 Å². The molecule has 96 valence electrons. The van der Waals surface area contributed by atoms with Gasteiger partial charge < -0.3 is 15.0 Å². The first-order valence-electron chi connectivity index (χ1n) is 5.98. The molecule has 7 nitrogen and oxygen atoms in total. The minimum atomic E-state index is 0.234. The number of anilines is 1. The van der Waals surface area contributed by atoms with E-state index in [0.29, 0.717) is 11.5 Å². The molecular formula is C12H11N5O2. The Morgan fingerprint density at radius 3 is 2.89 bits per heavy atom. The Labute approximate surface area is 107 Å². The van der Waals surface area contributed by atoms with Crippen molar-refractivity contribution in [3.05, 3.63) is 24.3 Å². The third-order valence-electron chi connectivity index (χ3n) is 3.17. The lowest BCUT2D eigenvalue weighted by Gasteiger charge is -2.04. The van der Waals surface area contributed by atoms with E-state index in [1.165, 1.54) is 0 Å². The monoisotopic (exact) mass is 257 g/mol. The minimum absolute atomic E-state index is 0.234. The number of nitrogens with zero attached hydrogens (tertiary/aromatic N) is 4. The average molecular weight is 257 g/mol. The van der Waals surface area contributed by atoms with Gasteiger partial charge in [-0.3, -0.25) is 0 Å². The van der Waals surface area contributed by atoms with Crippen LogP contribution >= 0.6 is 0 Å². The first-order chi connectivity index (χ1) is 9.33. The van der Waals surface area contributed by atoms with Crippen molar-refractivity contribution in [3.8, 4) is 11.5 Å². The number of imidazole rings is 1. The molecule has 1 aromatic carbocycles. The van der Waals surface area contributed by atoms with Crippen molar-refractivity contribution in [2.75, 3.05) is 12.3 Å².